The van der Waals surface area contributed by atoms with Gasteiger partial charge in [0.1, 0.15) is 0 Å². The van der Waals surface area contributed by atoms with Crippen LogP contribution < -0.4 is 11.1 Å². The van der Waals surface area contributed by atoms with Crippen molar-refractivity contribution in [1.82, 2.24) is 10.1 Å². The van der Waals surface area contributed by atoms with Gasteiger partial charge in [0.05, 0.1) is 6.54 Å². The second-order valence-corrected chi connectivity index (χ2v) is 3.73. The van der Waals surface area contributed by atoms with E-state index in [0.29, 0.717) is 23.1 Å². The van der Waals surface area contributed by atoms with Crippen LogP contribution in [0.5, 0.6) is 0 Å². The van der Waals surface area contributed by atoms with E-state index < -0.39 is 6.43 Å². The Labute approximate surface area is 102 Å². The lowest BCUT2D eigenvalue weighted by molar-refractivity contribution is 0.152. The summed E-state index contributed by atoms with van der Waals surface area (Å²) in [7, 11) is 0. The molecule has 3 N–H and O–H groups in total. The van der Waals surface area contributed by atoms with Crippen LogP contribution in [0.4, 0.5) is 20.2 Å². The van der Waals surface area contributed by atoms with Crippen molar-refractivity contribution in [2.75, 3.05) is 11.1 Å². The molecule has 0 unspecified atom stereocenters. The van der Waals surface area contributed by atoms with Crippen LogP contribution >= 0.6 is 0 Å². The van der Waals surface area contributed by atoms with E-state index in [9.17, 15) is 8.78 Å². The van der Waals surface area contributed by atoms with Gasteiger partial charge in [0.25, 0.3) is 6.43 Å². The maximum absolute atomic E-state index is 12.8. The van der Waals surface area contributed by atoms with Gasteiger partial charge in [-0.05, 0) is 18.2 Å². The molecule has 0 saturated heterocycles. The Hall–Kier alpha value is -2.18. The van der Waals surface area contributed by atoms with Crippen molar-refractivity contribution < 1.29 is 13.3 Å². The number of nitrogens with two attached hydrogens (primary N) is 1. The third kappa shape index (κ3) is 2.73. The Morgan fingerprint density at radius 2 is 2.22 bits per heavy atom. The third-order valence-corrected chi connectivity index (χ3v) is 2.32. The number of anilines is 2. The molecule has 96 valence electrons. The van der Waals surface area contributed by atoms with Gasteiger partial charge >= 0.3 is 0 Å². The summed E-state index contributed by atoms with van der Waals surface area (Å²) in [5.41, 5.74) is 5.94. The summed E-state index contributed by atoms with van der Waals surface area (Å²) >= 11 is 0. The number of rotatable bonds is 4. The van der Waals surface area contributed by atoms with Crippen molar-refractivity contribution >= 4 is 11.4 Å². The van der Waals surface area contributed by atoms with E-state index in [4.69, 9.17) is 10.3 Å². The molecule has 0 bridgehead atoms. The third-order valence-electron chi connectivity index (χ3n) is 2.32. The molecule has 0 saturated carbocycles. The number of hydrogen-bond donors (Lipinski definition) is 2. The lowest BCUT2D eigenvalue weighted by atomic mass is 10.1. The van der Waals surface area contributed by atoms with Crippen molar-refractivity contribution in [2.24, 2.45) is 0 Å². The summed E-state index contributed by atoms with van der Waals surface area (Å²) in [6, 6.07) is 4.30. The molecule has 0 fully saturated rings. The highest BCUT2D eigenvalue weighted by molar-refractivity contribution is 5.58. The first-order valence-corrected chi connectivity index (χ1v) is 5.27. The van der Waals surface area contributed by atoms with E-state index in [1.165, 1.54) is 12.1 Å². The largest absolute Gasteiger partial charge is 0.399 e. The van der Waals surface area contributed by atoms with E-state index in [1.807, 2.05) is 0 Å². The molecule has 1 aromatic heterocycles. The molecule has 0 amide bonds. The first-order valence-electron chi connectivity index (χ1n) is 5.27. The minimum Gasteiger partial charge on any atom is -0.399 e. The van der Waals surface area contributed by atoms with Crippen LogP contribution in [-0.2, 0) is 6.54 Å². The molecule has 2 rings (SSSR count). The number of aromatic nitrogens is 2. The fourth-order valence-electron chi connectivity index (χ4n) is 1.51. The van der Waals surface area contributed by atoms with Gasteiger partial charge in [-0.3, -0.25) is 0 Å². The molecule has 0 aliphatic heterocycles. The summed E-state index contributed by atoms with van der Waals surface area (Å²) in [6.45, 7) is 1.87. The van der Waals surface area contributed by atoms with E-state index in [1.54, 1.807) is 13.0 Å². The summed E-state index contributed by atoms with van der Waals surface area (Å²) in [5, 5.41) is 6.49. The highest BCUT2D eigenvalue weighted by Crippen LogP contribution is 2.29. The van der Waals surface area contributed by atoms with Crippen molar-refractivity contribution in [3.63, 3.8) is 0 Å². The maximum atomic E-state index is 12.8. The minimum atomic E-state index is -2.59. The molecule has 0 radical (unpaired) electrons. The van der Waals surface area contributed by atoms with Crippen LogP contribution in [0.3, 0.4) is 0 Å². The fourth-order valence-corrected chi connectivity index (χ4v) is 1.51. The molecule has 0 aliphatic rings. The monoisotopic (exact) mass is 254 g/mol. The van der Waals surface area contributed by atoms with Crippen molar-refractivity contribution in [3.05, 3.63) is 35.5 Å². The Morgan fingerprint density at radius 3 is 2.83 bits per heavy atom. The average Bonchev–Trinajstić information content (AvgIpc) is 2.73. The first-order chi connectivity index (χ1) is 8.56. The van der Waals surface area contributed by atoms with E-state index in [-0.39, 0.29) is 12.1 Å². The maximum Gasteiger partial charge on any atom is 0.265 e. The normalized spacial score (nSPS) is 10.9. The fraction of sp³-hybridized carbons (Fsp3) is 0.273. The van der Waals surface area contributed by atoms with Crippen molar-refractivity contribution in [2.45, 2.75) is 19.9 Å². The quantitative estimate of drug-likeness (QED) is 0.820. The summed E-state index contributed by atoms with van der Waals surface area (Å²) in [5.74, 6) is 0.836. The zero-order valence-corrected chi connectivity index (χ0v) is 9.65. The van der Waals surface area contributed by atoms with Crippen LogP contribution in [-0.4, -0.2) is 10.1 Å². The predicted molar refractivity (Wildman–Crippen MR) is 62.2 cm³/mol. The molecule has 18 heavy (non-hydrogen) atoms. The number of hydrogen-bond acceptors (Lipinski definition) is 5. The molecule has 1 aromatic carbocycles. The second kappa shape index (κ2) is 4.99. The van der Waals surface area contributed by atoms with E-state index in [2.05, 4.69) is 15.5 Å². The topological polar surface area (TPSA) is 77.0 Å². The Kier molecular flexibility index (Phi) is 3.40. The molecular weight excluding hydrogens is 242 g/mol. The smallest absolute Gasteiger partial charge is 0.265 e. The highest BCUT2D eigenvalue weighted by atomic mass is 19.3. The second-order valence-electron chi connectivity index (χ2n) is 3.73. The van der Waals surface area contributed by atoms with Gasteiger partial charge in [0.15, 0.2) is 5.82 Å². The van der Waals surface area contributed by atoms with Gasteiger partial charge in [-0.25, -0.2) is 8.78 Å². The molecule has 7 heteroatoms. The average molecular weight is 254 g/mol. The molecule has 0 atom stereocenters. The standard InChI is InChI=1S/C11H12F2N4O/c1-6-16-10(17-18-6)5-15-9-3-2-7(14)4-8(9)11(12)13/h2-4,11,15H,5,14H2,1H3. The van der Waals surface area contributed by atoms with Gasteiger partial charge in [0, 0.05) is 23.9 Å². The summed E-state index contributed by atoms with van der Waals surface area (Å²) < 4.78 is 30.4. The highest BCUT2D eigenvalue weighted by Gasteiger charge is 2.13. The van der Waals surface area contributed by atoms with Gasteiger partial charge in [-0.1, -0.05) is 5.16 Å². The number of nitrogen functional groups attached to an aromatic ring is 1. The number of nitrogens with zero attached hydrogens (tertiary/aromatic N) is 2. The number of aryl methyl sites for hydroxylation is 1. The lowest BCUT2D eigenvalue weighted by Gasteiger charge is -2.10. The van der Waals surface area contributed by atoms with Crippen LogP contribution in [0, 0.1) is 6.92 Å². The SMILES string of the molecule is Cc1nc(CNc2ccc(N)cc2C(F)F)no1. The molecular formula is C11H12F2N4O. The number of halogens is 2. The van der Waals surface area contributed by atoms with E-state index >= 15 is 0 Å². The predicted octanol–water partition coefficient (Wildman–Crippen LogP) is 2.51. The van der Waals surface area contributed by atoms with Crippen LogP contribution in [0.15, 0.2) is 22.7 Å². The van der Waals surface area contributed by atoms with Gasteiger partial charge < -0.3 is 15.6 Å². The lowest BCUT2D eigenvalue weighted by Crippen LogP contribution is -2.05. The Bertz CT molecular complexity index is 542. The van der Waals surface area contributed by atoms with Gasteiger partial charge in [0.2, 0.25) is 5.89 Å². The van der Waals surface area contributed by atoms with Crippen molar-refractivity contribution in [3.8, 4) is 0 Å². The number of alkyl halides is 2. The minimum absolute atomic E-state index is 0.143. The van der Waals surface area contributed by atoms with Crippen LogP contribution in [0.2, 0.25) is 0 Å². The molecule has 2 aromatic rings. The van der Waals surface area contributed by atoms with Crippen LogP contribution in [0.1, 0.15) is 23.7 Å². The van der Waals surface area contributed by atoms with Gasteiger partial charge in [-0.2, -0.15) is 4.98 Å². The molecule has 0 spiro atoms. The molecule has 5 nitrogen and oxygen atoms in total. The Morgan fingerprint density at radius 1 is 1.44 bits per heavy atom. The number of nitrogens with one attached hydrogen (secondary N) is 1. The summed E-state index contributed by atoms with van der Waals surface area (Å²) in [4.78, 5) is 3.97. The Balaban J connectivity index is 2.13. The number of benzene rings is 1. The first kappa shape index (κ1) is 12.3. The zero-order chi connectivity index (χ0) is 13.1. The van der Waals surface area contributed by atoms with E-state index in [0.717, 1.165) is 0 Å². The van der Waals surface area contributed by atoms with Crippen molar-refractivity contribution in [1.29, 1.82) is 0 Å². The molecule has 0 aliphatic carbocycles. The van der Waals surface area contributed by atoms with Crippen LogP contribution in [0.25, 0.3) is 0 Å². The molecule has 1 heterocycles. The zero-order valence-electron chi connectivity index (χ0n) is 9.65. The van der Waals surface area contributed by atoms with Gasteiger partial charge in [-0.15, -0.1) is 0 Å². The summed E-state index contributed by atoms with van der Waals surface area (Å²) in [6.07, 6.45) is -2.59.